The Morgan fingerprint density at radius 3 is 2.59 bits per heavy atom. The molecule has 3 rings (SSSR count). The van der Waals surface area contributed by atoms with Crippen LogP contribution >= 0.6 is 0 Å². The molecule has 1 aromatic carbocycles. The Labute approximate surface area is 168 Å². The van der Waals surface area contributed by atoms with Gasteiger partial charge in [-0.3, -0.25) is 9.59 Å². The van der Waals surface area contributed by atoms with E-state index in [1.165, 1.54) is 0 Å². The molecule has 0 radical (unpaired) electrons. The molecule has 7 heteroatoms. The molecule has 1 amide bonds. The normalized spacial score (nSPS) is 11.1. The number of amides is 1. The number of ether oxygens (including phenoxy) is 1. The second-order valence-electron chi connectivity index (χ2n) is 7.59. The molecule has 0 spiro atoms. The van der Waals surface area contributed by atoms with Crippen LogP contribution in [0.4, 0.5) is 0 Å². The van der Waals surface area contributed by atoms with Crippen LogP contribution in [0.2, 0.25) is 0 Å². The van der Waals surface area contributed by atoms with Gasteiger partial charge in [0.25, 0.3) is 5.91 Å². The van der Waals surface area contributed by atoms with Gasteiger partial charge in [-0.1, -0.05) is 12.1 Å². The van der Waals surface area contributed by atoms with Gasteiger partial charge in [0, 0.05) is 30.1 Å². The number of hydrogen-bond donors (Lipinski definition) is 1. The molecule has 148 valence electrons. The van der Waals surface area contributed by atoms with Gasteiger partial charge in [0.2, 0.25) is 0 Å². The average Bonchev–Trinajstić information content (AvgIpc) is 3.09. The lowest BCUT2D eigenvalue weighted by atomic mass is 10.1. The fourth-order valence-corrected chi connectivity index (χ4v) is 2.76. The Balaban J connectivity index is 1.62. The van der Waals surface area contributed by atoms with Crippen LogP contribution in [0.1, 0.15) is 43.1 Å². The summed E-state index contributed by atoms with van der Waals surface area (Å²) in [6.07, 6.45) is 3.77. The van der Waals surface area contributed by atoms with E-state index < -0.39 is 5.60 Å². The number of benzene rings is 1. The first-order chi connectivity index (χ1) is 13.7. The fraction of sp³-hybridized carbons (Fsp3) is 0.273. The first kappa shape index (κ1) is 20.1. The highest BCUT2D eigenvalue weighted by atomic mass is 16.6. The summed E-state index contributed by atoms with van der Waals surface area (Å²) in [7, 11) is 0. The van der Waals surface area contributed by atoms with Gasteiger partial charge in [0.05, 0.1) is 23.7 Å². The van der Waals surface area contributed by atoms with Gasteiger partial charge in [0.15, 0.2) is 0 Å². The third-order valence-electron chi connectivity index (χ3n) is 4.07. The number of fused-ring (bicyclic) bond motifs is 1. The molecule has 0 saturated carbocycles. The van der Waals surface area contributed by atoms with E-state index in [9.17, 15) is 9.59 Å². The lowest BCUT2D eigenvalue weighted by molar-refractivity contribution is -0.154. The summed E-state index contributed by atoms with van der Waals surface area (Å²) in [6, 6.07) is 12.6. The van der Waals surface area contributed by atoms with Gasteiger partial charge < -0.3 is 14.5 Å². The molecule has 0 aliphatic rings. The molecule has 0 aliphatic heterocycles. The SMILES string of the molecule is CC(C)(C)OC(=O)CCNC(=O)c1ccc(-c2cn3ccc(C#N)cc3n2)cc1. The maximum atomic E-state index is 12.3. The summed E-state index contributed by atoms with van der Waals surface area (Å²) in [5.41, 5.74) is 2.80. The molecule has 0 aliphatic carbocycles. The summed E-state index contributed by atoms with van der Waals surface area (Å²) in [5.74, 6) is -0.603. The zero-order valence-corrected chi connectivity index (χ0v) is 16.6. The van der Waals surface area contributed by atoms with Gasteiger partial charge in [0.1, 0.15) is 11.2 Å². The van der Waals surface area contributed by atoms with Crippen LogP contribution in [-0.4, -0.2) is 33.4 Å². The lowest BCUT2D eigenvalue weighted by Gasteiger charge is -2.19. The number of esters is 1. The number of hydrogen-bond acceptors (Lipinski definition) is 5. The number of nitrogens with zero attached hydrogens (tertiary/aromatic N) is 3. The maximum absolute atomic E-state index is 12.3. The smallest absolute Gasteiger partial charge is 0.308 e. The van der Waals surface area contributed by atoms with E-state index in [4.69, 9.17) is 10.00 Å². The van der Waals surface area contributed by atoms with E-state index in [0.717, 1.165) is 11.3 Å². The number of nitriles is 1. The standard InChI is InChI=1S/C22H22N4O3/c1-22(2,3)29-20(27)8-10-24-21(28)17-6-4-16(5-7-17)18-14-26-11-9-15(13-23)12-19(26)25-18/h4-7,9,11-12,14H,8,10H2,1-3H3,(H,24,28). The van der Waals surface area contributed by atoms with E-state index in [2.05, 4.69) is 16.4 Å². The summed E-state index contributed by atoms with van der Waals surface area (Å²) in [5, 5.41) is 11.7. The molecule has 29 heavy (non-hydrogen) atoms. The summed E-state index contributed by atoms with van der Waals surface area (Å²) < 4.78 is 7.05. The molecule has 1 N–H and O–H groups in total. The number of aromatic nitrogens is 2. The Bertz CT molecular complexity index is 1090. The summed E-state index contributed by atoms with van der Waals surface area (Å²) >= 11 is 0. The van der Waals surface area contributed by atoms with Crippen LogP contribution in [0.5, 0.6) is 0 Å². The summed E-state index contributed by atoms with van der Waals surface area (Å²) in [6.45, 7) is 5.62. The minimum absolute atomic E-state index is 0.118. The average molecular weight is 390 g/mol. The molecule has 2 heterocycles. The van der Waals surface area contributed by atoms with Crippen molar-refractivity contribution in [2.75, 3.05) is 6.54 Å². The number of imidazole rings is 1. The van der Waals surface area contributed by atoms with Crippen molar-refractivity contribution in [2.45, 2.75) is 32.8 Å². The Hall–Kier alpha value is -3.66. The van der Waals surface area contributed by atoms with Crippen LogP contribution < -0.4 is 5.32 Å². The monoisotopic (exact) mass is 390 g/mol. The third-order valence-corrected chi connectivity index (χ3v) is 4.07. The fourth-order valence-electron chi connectivity index (χ4n) is 2.76. The highest BCUT2D eigenvalue weighted by Crippen LogP contribution is 2.20. The van der Waals surface area contributed by atoms with Gasteiger partial charge >= 0.3 is 5.97 Å². The molecule has 0 bridgehead atoms. The molecule has 0 fully saturated rings. The van der Waals surface area contributed by atoms with Crippen LogP contribution in [0, 0.1) is 11.3 Å². The van der Waals surface area contributed by atoms with Gasteiger partial charge in [-0.05, 0) is 45.0 Å². The van der Waals surface area contributed by atoms with Crippen molar-refractivity contribution >= 4 is 17.5 Å². The third kappa shape index (κ3) is 5.20. The minimum atomic E-state index is -0.537. The van der Waals surface area contributed by atoms with E-state index in [1.54, 1.807) is 51.2 Å². The van der Waals surface area contributed by atoms with Crippen LogP contribution in [0.25, 0.3) is 16.9 Å². The van der Waals surface area contributed by atoms with Crippen molar-refractivity contribution < 1.29 is 14.3 Å². The molecule has 0 saturated heterocycles. The van der Waals surface area contributed by atoms with Crippen molar-refractivity contribution in [3.8, 4) is 17.3 Å². The molecule has 0 unspecified atom stereocenters. The highest BCUT2D eigenvalue weighted by molar-refractivity contribution is 5.94. The second kappa shape index (κ2) is 8.15. The number of carbonyl (C=O) groups is 2. The van der Waals surface area contributed by atoms with Crippen molar-refractivity contribution in [1.82, 2.24) is 14.7 Å². The molecular weight excluding hydrogens is 368 g/mol. The quantitative estimate of drug-likeness (QED) is 0.674. The van der Waals surface area contributed by atoms with Crippen molar-refractivity contribution in [2.24, 2.45) is 0 Å². The molecule has 7 nitrogen and oxygen atoms in total. The van der Waals surface area contributed by atoms with Crippen molar-refractivity contribution in [3.63, 3.8) is 0 Å². The molecular formula is C22H22N4O3. The number of pyridine rings is 1. The minimum Gasteiger partial charge on any atom is -0.460 e. The van der Waals surface area contributed by atoms with E-state index in [0.29, 0.717) is 16.8 Å². The maximum Gasteiger partial charge on any atom is 0.308 e. The number of carbonyl (C=O) groups excluding carboxylic acids is 2. The van der Waals surface area contributed by atoms with Gasteiger partial charge in [-0.25, -0.2) is 4.98 Å². The lowest BCUT2D eigenvalue weighted by Crippen LogP contribution is -2.29. The van der Waals surface area contributed by atoms with Crippen LogP contribution in [0.15, 0.2) is 48.8 Å². The van der Waals surface area contributed by atoms with Crippen molar-refractivity contribution in [3.05, 3.63) is 59.9 Å². The molecule has 0 atom stereocenters. The predicted molar refractivity (Wildman–Crippen MR) is 108 cm³/mol. The summed E-state index contributed by atoms with van der Waals surface area (Å²) in [4.78, 5) is 28.5. The Kier molecular flexibility index (Phi) is 5.64. The first-order valence-corrected chi connectivity index (χ1v) is 9.24. The number of nitrogens with one attached hydrogen (secondary N) is 1. The number of rotatable bonds is 5. The van der Waals surface area contributed by atoms with Gasteiger partial charge in [-0.15, -0.1) is 0 Å². The zero-order chi connectivity index (χ0) is 21.0. The molecule has 3 aromatic rings. The second-order valence-corrected chi connectivity index (χ2v) is 7.59. The topological polar surface area (TPSA) is 96.5 Å². The highest BCUT2D eigenvalue weighted by Gasteiger charge is 2.16. The van der Waals surface area contributed by atoms with Crippen molar-refractivity contribution in [1.29, 1.82) is 5.26 Å². The Morgan fingerprint density at radius 2 is 1.93 bits per heavy atom. The predicted octanol–water partition coefficient (Wildman–Crippen LogP) is 3.33. The zero-order valence-electron chi connectivity index (χ0n) is 16.6. The van der Waals surface area contributed by atoms with Crippen LogP contribution in [0.3, 0.4) is 0 Å². The van der Waals surface area contributed by atoms with E-state index in [1.807, 2.05) is 22.7 Å². The Morgan fingerprint density at radius 1 is 1.21 bits per heavy atom. The van der Waals surface area contributed by atoms with E-state index in [-0.39, 0.29) is 24.8 Å². The first-order valence-electron chi connectivity index (χ1n) is 9.24. The molecule has 2 aromatic heterocycles. The largest absolute Gasteiger partial charge is 0.460 e. The van der Waals surface area contributed by atoms with Crippen LogP contribution in [-0.2, 0) is 9.53 Å². The van der Waals surface area contributed by atoms with Gasteiger partial charge in [-0.2, -0.15) is 5.26 Å². The van der Waals surface area contributed by atoms with E-state index >= 15 is 0 Å².